The monoisotopic (exact) mass is 438 g/mol. The summed E-state index contributed by atoms with van der Waals surface area (Å²) in [6, 6.07) is 16.3. The first kappa shape index (κ1) is 23.3. The van der Waals surface area contributed by atoms with Crippen LogP contribution in [-0.2, 0) is 27.3 Å². The van der Waals surface area contributed by atoms with Crippen molar-refractivity contribution in [3.8, 4) is 0 Å². The molecule has 170 valence electrons. The number of nitrogens with one attached hydrogen (secondary N) is 3. The number of benzene rings is 2. The number of unbranched alkanes of at least 4 members (excludes halogenated alkanes) is 1. The highest BCUT2D eigenvalue weighted by molar-refractivity contribution is 5.86. The molecule has 0 saturated carbocycles. The molecule has 3 N–H and O–H groups in total. The first-order valence-electron chi connectivity index (χ1n) is 10.9. The van der Waals surface area contributed by atoms with Crippen LogP contribution in [0.2, 0.25) is 0 Å². The number of carbonyl (C=O) groups excluding carboxylic acids is 2. The van der Waals surface area contributed by atoms with Crippen molar-refractivity contribution >= 4 is 22.9 Å². The summed E-state index contributed by atoms with van der Waals surface area (Å²) in [7, 11) is 0. The van der Waals surface area contributed by atoms with Gasteiger partial charge in [-0.1, -0.05) is 61.9 Å². The number of hydrogen-bond donors (Lipinski definition) is 3. The van der Waals surface area contributed by atoms with Gasteiger partial charge in [-0.3, -0.25) is 9.89 Å². The smallest absolute Gasteiger partial charge is 0.408 e. The van der Waals surface area contributed by atoms with E-state index < -0.39 is 12.1 Å². The Labute approximate surface area is 187 Å². The highest BCUT2D eigenvalue weighted by atomic mass is 16.5. The third kappa shape index (κ3) is 7.09. The second-order valence-electron chi connectivity index (χ2n) is 7.45. The summed E-state index contributed by atoms with van der Waals surface area (Å²) in [4.78, 5) is 25.0. The Kier molecular flexibility index (Phi) is 9.06. The van der Waals surface area contributed by atoms with Gasteiger partial charge in [0.05, 0.1) is 12.1 Å². The van der Waals surface area contributed by atoms with Gasteiger partial charge in [-0.05, 0) is 18.1 Å². The van der Waals surface area contributed by atoms with Crippen molar-refractivity contribution < 1.29 is 19.1 Å². The number of fused-ring (bicyclic) bond motifs is 1. The first-order chi connectivity index (χ1) is 15.7. The number of alkyl carbamates (subject to hydrolysis) is 1. The molecule has 1 atom stereocenters. The number of para-hydroxylation sites is 1. The number of H-pyrrole nitrogens is 1. The summed E-state index contributed by atoms with van der Waals surface area (Å²) in [5.41, 5.74) is 2.71. The van der Waals surface area contributed by atoms with Crippen molar-refractivity contribution in [2.75, 3.05) is 19.8 Å². The molecule has 0 aliphatic heterocycles. The SMILES string of the molecule is CCCCOC[C@H](NC(=O)OCc1ccccc1)C(=O)NCCc1[nH]nc2ccccc12. The Morgan fingerprint density at radius 3 is 2.69 bits per heavy atom. The van der Waals surface area contributed by atoms with E-state index in [2.05, 4.69) is 27.8 Å². The van der Waals surface area contributed by atoms with Crippen LogP contribution in [-0.4, -0.2) is 48.0 Å². The van der Waals surface area contributed by atoms with Crippen LogP contribution in [0.25, 0.3) is 10.9 Å². The summed E-state index contributed by atoms with van der Waals surface area (Å²) in [6.07, 6.45) is 1.81. The van der Waals surface area contributed by atoms with Gasteiger partial charge >= 0.3 is 6.09 Å². The molecule has 2 aromatic carbocycles. The minimum Gasteiger partial charge on any atom is -0.445 e. The van der Waals surface area contributed by atoms with Crippen molar-refractivity contribution in [2.24, 2.45) is 0 Å². The third-order valence-electron chi connectivity index (χ3n) is 4.96. The lowest BCUT2D eigenvalue weighted by Gasteiger charge is -2.18. The molecule has 0 unspecified atom stereocenters. The zero-order valence-electron chi connectivity index (χ0n) is 18.3. The number of aromatic nitrogens is 2. The van der Waals surface area contributed by atoms with E-state index in [1.54, 1.807) is 0 Å². The van der Waals surface area contributed by atoms with Gasteiger partial charge in [-0.25, -0.2) is 4.79 Å². The van der Waals surface area contributed by atoms with Crippen LogP contribution in [0, 0.1) is 0 Å². The number of rotatable bonds is 12. The van der Waals surface area contributed by atoms with Crippen molar-refractivity contribution in [3.05, 3.63) is 65.9 Å². The highest BCUT2D eigenvalue weighted by Gasteiger charge is 2.22. The van der Waals surface area contributed by atoms with Crippen LogP contribution in [0.15, 0.2) is 54.6 Å². The summed E-state index contributed by atoms with van der Waals surface area (Å²) in [5, 5.41) is 13.8. The molecule has 0 radical (unpaired) electrons. The normalized spacial score (nSPS) is 11.8. The number of nitrogens with zero attached hydrogens (tertiary/aromatic N) is 1. The molecule has 32 heavy (non-hydrogen) atoms. The molecule has 8 nitrogen and oxygen atoms in total. The van der Waals surface area contributed by atoms with Gasteiger partial charge in [0.1, 0.15) is 12.6 Å². The fraction of sp³-hybridized carbons (Fsp3) is 0.375. The van der Waals surface area contributed by atoms with Crippen molar-refractivity contribution in [3.63, 3.8) is 0 Å². The predicted molar refractivity (Wildman–Crippen MR) is 122 cm³/mol. The van der Waals surface area contributed by atoms with Gasteiger partial charge in [0.15, 0.2) is 0 Å². The van der Waals surface area contributed by atoms with Crippen molar-refractivity contribution in [1.29, 1.82) is 0 Å². The first-order valence-corrected chi connectivity index (χ1v) is 10.9. The number of ether oxygens (including phenoxy) is 2. The van der Waals surface area contributed by atoms with Crippen molar-refractivity contribution in [2.45, 2.75) is 38.8 Å². The molecule has 0 aliphatic rings. The van der Waals surface area contributed by atoms with E-state index >= 15 is 0 Å². The topological polar surface area (TPSA) is 105 Å². The minimum absolute atomic E-state index is 0.0826. The molecule has 2 amide bonds. The van der Waals surface area contributed by atoms with Gasteiger partial charge in [0.2, 0.25) is 5.91 Å². The molecule has 0 fully saturated rings. The van der Waals surface area contributed by atoms with Crippen LogP contribution >= 0.6 is 0 Å². The second-order valence-corrected chi connectivity index (χ2v) is 7.45. The lowest BCUT2D eigenvalue weighted by molar-refractivity contribution is -0.124. The van der Waals surface area contributed by atoms with E-state index in [-0.39, 0.29) is 19.1 Å². The number of carbonyl (C=O) groups is 2. The Morgan fingerprint density at radius 1 is 1.09 bits per heavy atom. The van der Waals surface area contributed by atoms with E-state index in [1.807, 2.05) is 54.6 Å². The average Bonchev–Trinajstić information content (AvgIpc) is 3.23. The van der Waals surface area contributed by atoms with Gasteiger partial charge in [-0.15, -0.1) is 0 Å². The summed E-state index contributed by atoms with van der Waals surface area (Å²) in [6.45, 7) is 3.20. The largest absolute Gasteiger partial charge is 0.445 e. The summed E-state index contributed by atoms with van der Waals surface area (Å²) in [5.74, 6) is -0.318. The maximum absolute atomic E-state index is 12.7. The van der Waals surface area contributed by atoms with Gasteiger partial charge in [0.25, 0.3) is 0 Å². The Balaban J connectivity index is 1.50. The molecule has 3 rings (SSSR count). The van der Waals surface area contributed by atoms with Crippen LogP contribution in [0.1, 0.15) is 31.0 Å². The van der Waals surface area contributed by atoms with Gasteiger partial charge in [-0.2, -0.15) is 5.10 Å². The maximum atomic E-state index is 12.7. The number of hydrogen-bond acceptors (Lipinski definition) is 5. The fourth-order valence-electron chi connectivity index (χ4n) is 3.18. The molecule has 0 spiro atoms. The molecule has 1 aromatic heterocycles. The Hall–Kier alpha value is -3.39. The lowest BCUT2D eigenvalue weighted by atomic mass is 10.1. The number of amides is 2. The zero-order valence-corrected chi connectivity index (χ0v) is 18.3. The van der Waals surface area contributed by atoms with Crippen molar-refractivity contribution in [1.82, 2.24) is 20.8 Å². The fourth-order valence-corrected chi connectivity index (χ4v) is 3.18. The maximum Gasteiger partial charge on any atom is 0.408 e. The molecular formula is C24H30N4O4. The summed E-state index contributed by atoms with van der Waals surface area (Å²) >= 11 is 0. The molecule has 0 bridgehead atoms. The zero-order chi connectivity index (χ0) is 22.6. The average molecular weight is 439 g/mol. The Morgan fingerprint density at radius 2 is 1.88 bits per heavy atom. The van der Waals surface area contributed by atoms with Gasteiger partial charge < -0.3 is 20.1 Å². The summed E-state index contributed by atoms with van der Waals surface area (Å²) < 4.78 is 10.8. The van der Waals surface area contributed by atoms with Crippen LogP contribution in [0.5, 0.6) is 0 Å². The third-order valence-corrected chi connectivity index (χ3v) is 4.96. The standard InChI is InChI=1S/C24H30N4O4/c1-2-3-15-31-17-22(26-24(30)32-16-18-9-5-4-6-10-18)23(29)25-14-13-21-19-11-7-8-12-20(19)27-28-21/h4-12,22H,2-3,13-17H2,1H3,(H,25,29)(H,26,30)(H,27,28)/t22-/m0/s1. The number of aromatic amines is 1. The van der Waals surface area contributed by atoms with E-state index in [1.165, 1.54) is 0 Å². The highest BCUT2D eigenvalue weighted by Crippen LogP contribution is 2.15. The predicted octanol–water partition coefficient (Wildman–Crippen LogP) is 3.33. The van der Waals surface area contributed by atoms with Crippen LogP contribution in [0.4, 0.5) is 4.79 Å². The van der Waals surface area contributed by atoms with E-state index in [4.69, 9.17) is 9.47 Å². The molecule has 0 aliphatic carbocycles. The quantitative estimate of drug-likeness (QED) is 0.376. The van der Waals surface area contributed by atoms with Gasteiger partial charge in [0, 0.05) is 30.7 Å². The molecule has 8 heteroatoms. The van der Waals surface area contributed by atoms with E-state index in [9.17, 15) is 9.59 Å². The van der Waals surface area contributed by atoms with Crippen LogP contribution < -0.4 is 10.6 Å². The molecule has 0 saturated heterocycles. The lowest BCUT2D eigenvalue weighted by Crippen LogP contribution is -2.50. The molecule has 3 aromatic rings. The van der Waals surface area contributed by atoms with Crippen LogP contribution in [0.3, 0.4) is 0 Å². The molecule has 1 heterocycles. The molecular weight excluding hydrogens is 408 g/mol. The second kappa shape index (κ2) is 12.5. The van der Waals surface area contributed by atoms with E-state index in [0.717, 1.165) is 35.0 Å². The Bertz CT molecular complexity index is 990. The van der Waals surface area contributed by atoms with E-state index in [0.29, 0.717) is 19.6 Å². The minimum atomic E-state index is -0.839.